The molecule has 33 heavy (non-hydrogen) atoms. The first-order valence-electron chi connectivity index (χ1n) is 10.0. The summed E-state index contributed by atoms with van der Waals surface area (Å²) in [6, 6.07) is 18.0. The lowest BCUT2D eigenvalue weighted by Crippen LogP contribution is -2.08. The highest BCUT2D eigenvalue weighted by Gasteiger charge is 2.37. The van der Waals surface area contributed by atoms with Gasteiger partial charge in [0, 0.05) is 18.2 Å². The van der Waals surface area contributed by atoms with Crippen molar-refractivity contribution in [1.29, 1.82) is 0 Å². The summed E-state index contributed by atoms with van der Waals surface area (Å²) in [5.74, 6) is 0.792. The first kappa shape index (κ1) is 20.7. The second kappa shape index (κ2) is 7.77. The van der Waals surface area contributed by atoms with Crippen molar-refractivity contribution < 1.29 is 17.9 Å². The maximum absolute atomic E-state index is 13.7. The van der Waals surface area contributed by atoms with E-state index in [0.717, 1.165) is 16.7 Å². The van der Waals surface area contributed by atoms with Gasteiger partial charge in [-0.15, -0.1) is 10.2 Å². The monoisotopic (exact) mass is 449 g/mol. The SMILES string of the molecule is COc1ccc2nc(-c3cccc(-c4ccccc4-c4nncn4C)c3)[nH]c2c1C(F)(F)F. The fraction of sp³-hybridized carbons (Fsp3) is 0.125. The van der Waals surface area contributed by atoms with Crippen molar-refractivity contribution in [2.45, 2.75) is 6.18 Å². The third-order valence-electron chi connectivity index (χ3n) is 5.45. The predicted octanol–water partition coefficient (Wildman–Crippen LogP) is 5.72. The summed E-state index contributed by atoms with van der Waals surface area (Å²) in [4.78, 5) is 7.27. The lowest BCUT2D eigenvalue weighted by atomic mass is 9.97. The number of halogens is 3. The lowest BCUT2D eigenvalue weighted by Gasteiger charge is -2.12. The van der Waals surface area contributed by atoms with Gasteiger partial charge in [0.15, 0.2) is 5.82 Å². The van der Waals surface area contributed by atoms with Crippen LogP contribution in [0.2, 0.25) is 0 Å². The molecule has 6 nitrogen and oxygen atoms in total. The Bertz CT molecular complexity index is 1470. The molecular formula is C24H18F3N5O. The molecule has 2 heterocycles. The van der Waals surface area contributed by atoms with Crippen LogP contribution in [0.25, 0.3) is 44.9 Å². The summed E-state index contributed by atoms with van der Waals surface area (Å²) < 4.78 is 48.0. The molecule has 0 aliphatic heterocycles. The average molecular weight is 449 g/mol. The van der Waals surface area contributed by atoms with Gasteiger partial charge in [-0.3, -0.25) is 0 Å². The van der Waals surface area contributed by atoms with E-state index in [1.165, 1.54) is 19.2 Å². The molecule has 0 atom stereocenters. The van der Waals surface area contributed by atoms with Gasteiger partial charge in [-0.05, 0) is 29.3 Å². The van der Waals surface area contributed by atoms with Gasteiger partial charge in [0.1, 0.15) is 23.5 Å². The Morgan fingerprint density at radius 1 is 0.939 bits per heavy atom. The second-order valence-electron chi connectivity index (χ2n) is 7.51. The summed E-state index contributed by atoms with van der Waals surface area (Å²) in [5, 5.41) is 8.17. The zero-order valence-electron chi connectivity index (χ0n) is 17.7. The van der Waals surface area contributed by atoms with Crippen LogP contribution in [0.15, 0.2) is 67.0 Å². The van der Waals surface area contributed by atoms with Gasteiger partial charge in [0.05, 0.1) is 18.1 Å². The van der Waals surface area contributed by atoms with Crippen molar-refractivity contribution in [2.75, 3.05) is 7.11 Å². The van der Waals surface area contributed by atoms with Gasteiger partial charge in [0.2, 0.25) is 0 Å². The number of aromatic amines is 1. The number of fused-ring (bicyclic) bond motifs is 1. The molecule has 5 rings (SSSR count). The van der Waals surface area contributed by atoms with Crippen molar-refractivity contribution in [3.63, 3.8) is 0 Å². The number of hydrogen-bond donors (Lipinski definition) is 1. The number of methoxy groups -OCH3 is 1. The topological polar surface area (TPSA) is 68.6 Å². The van der Waals surface area contributed by atoms with Gasteiger partial charge in [0.25, 0.3) is 0 Å². The van der Waals surface area contributed by atoms with E-state index in [-0.39, 0.29) is 16.8 Å². The highest BCUT2D eigenvalue weighted by atomic mass is 19.4. The largest absolute Gasteiger partial charge is 0.496 e. The van der Waals surface area contributed by atoms with E-state index < -0.39 is 11.7 Å². The molecule has 2 aromatic heterocycles. The quantitative estimate of drug-likeness (QED) is 0.381. The Balaban J connectivity index is 1.64. The molecule has 0 aliphatic rings. The smallest absolute Gasteiger partial charge is 0.422 e. The Morgan fingerprint density at radius 2 is 1.70 bits per heavy atom. The molecule has 166 valence electrons. The molecule has 0 spiro atoms. The summed E-state index contributed by atoms with van der Waals surface area (Å²) in [6.07, 6.45) is -2.96. The number of aryl methyl sites for hydroxylation is 1. The third-order valence-corrected chi connectivity index (χ3v) is 5.45. The molecule has 5 aromatic rings. The number of nitrogens with zero attached hydrogens (tertiary/aromatic N) is 4. The molecule has 0 saturated carbocycles. The molecule has 0 fully saturated rings. The van der Waals surface area contributed by atoms with Gasteiger partial charge in [-0.1, -0.05) is 42.5 Å². The lowest BCUT2D eigenvalue weighted by molar-refractivity contribution is -0.137. The van der Waals surface area contributed by atoms with E-state index in [2.05, 4.69) is 20.2 Å². The minimum absolute atomic E-state index is 0.110. The van der Waals surface area contributed by atoms with Gasteiger partial charge in [-0.2, -0.15) is 13.2 Å². The van der Waals surface area contributed by atoms with E-state index in [9.17, 15) is 13.2 Å². The molecule has 0 aliphatic carbocycles. The second-order valence-corrected chi connectivity index (χ2v) is 7.51. The van der Waals surface area contributed by atoms with Crippen LogP contribution in [0, 0.1) is 0 Å². The fourth-order valence-electron chi connectivity index (χ4n) is 3.94. The van der Waals surface area contributed by atoms with Crippen molar-refractivity contribution in [2.24, 2.45) is 7.05 Å². The number of hydrogen-bond acceptors (Lipinski definition) is 4. The van der Waals surface area contributed by atoms with E-state index >= 15 is 0 Å². The van der Waals surface area contributed by atoms with Crippen LogP contribution in [0.5, 0.6) is 5.75 Å². The number of alkyl halides is 3. The Labute approximate surface area is 186 Å². The van der Waals surface area contributed by atoms with E-state index in [4.69, 9.17) is 4.74 Å². The summed E-state index contributed by atoms with van der Waals surface area (Å²) >= 11 is 0. The van der Waals surface area contributed by atoms with Crippen LogP contribution < -0.4 is 4.74 Å². The summed E-state index contributed by atoms with van der Waals surface area (Å²) in [6.45, 7) is 0. The maximum atomic E-state index is 13.7. The molecular weight excluding hydrogens is 431 g/mol. The van der Waals surface area contributed by atoms with Gasteiger partial charge < -0.3 is 14.3 Å². The summed E-state index contributed by atoms with van der Waals surface area (Å²) in [5.41, 5.74) is 2.58. The Hall–Kier alpha value is -4.14. The zero-order valence-corrected chi connectivity index (χ0v) is 17.7. The standard InChI is InChI=1S/C24H18F3N5O/c1-32-13-28-31-23(32)17-9-4-3-8-16(17)14-6-5-7-15(12-14)22-29-18-10-11-19(33-2)20(21(18)30-22)24(25,26)27/h3-13H,1-2H3,(H,29,30). The van der Waals surface area contributed by atoms with Crippen molar-refractivity contribution in [3.8, 4) is 39.7 Å². The highest BCUT2D eigenvalue weighted by Crippen LogP contribution is 2.41. The number of benzene rings is 3. The van der Waals surface area contributed by atoms with E-state index in [1.807, 2.05) is 54.1 Å². The summed E-state index contributed by atoms with van der Waals surface area (Å²) in [7, 11) is 3.08. The molecule has 0 radical (unpaired) electrons. The van der Waals surface area contributed by atoms with Crippen LogP contribution in [-0.2, 0) is 13.2 Å². The molecule has 3 aromatic carbocycles. The van der Waals surface area contributed by atoms with Crippen LogP contribution >= 0.6 is 0 Å². The minimum atomic E-state index is -4.59. The molecule has 9 heteroatoms. The van der Waals surface area contributed by atoms with Crippen molar-refractivity contribution in [1.82, 2.24) is 24.7 Å². The molecule has 0 unspecified atom stereocenters. The Morgan fingerprint density at radius 3 is 2.39 bits per heavy atom. The predicted molar refractivity (Wildman–Crippen MR) is 119 cm³/mol. The first-order valence-corrected chi connectivity index (χ1v) is 10.0. The normalized spacial score (nSPS) is 11.8. The van der Waals surface area contributed by atoms with E-state index in [1.54, 1.807) is 12.4 Å². The minimum Gasteiger partial charge on any atom is -0.496 e. The molecule has 1 N–H and O–H groups in total. The number of ether oxygens (including phenoxy) is 1. The van der Waals surface area contributed by atoms with Crippen molar-refractivity contribution in [3.05, 3.63) is 72.6 Å². The number of aromatic nitrogens is 5. The zero-order chi connectivity index (χ0) is 23.2. The maximum Gasteiger partial charge on any atom is 0.422 e. The average Bonchev–Trinajstić information content (AvgIpc) is 3.43. The molecule has 0 amide bonds. The van der Waals surface area contributed by atoms with Gasteiger partial charge >= 0.3 is 6.18 Å². The van der Waals surface area contributed by atoms with Crippen LogP contribution in [-0.4, -0.2) is 31.8 Å². The van der Waals surface area contributed by atoms with Crippen LogP contribution in [0.3, 0.4) is 0 Å². The molecule has 0 bridgehead atoms. The van der Waals surface area contributed by atoms with Gasteiger partial charge in [-0.25, -0.2) is 4.98 Å². The fourth-order valence-corrected chi connectivity index (χ4v) is 3.94. The number of nitrogens with one attached hydrogen (secondary N) is 1. The van der Waals surface area contributed by atoms with Crippen LogP contribution in [0.1, 0.15) is 5.56 Å². The highest BCUT2D eigenvalue weighted by molar-refractivity contribution is 5.87. The number of H-pyrrole nitrogens is 1. The number of rotatable bonds is 4. The van der Waals surface area contributed by atoms with E-state index in [0.29, 0.717) is 17.2 Å². The van der Waals surface area contributed by atoms with Crippen molar-refractivity contribution >= 4 is 11.0 Å². The Kier molecular flexibility index (Phi) is 4.88. The van der Waals surface area contributed by atoms with Crippen LogP contribution in [0.4, 0.5) is 13.2 Å². The first-order chi connectivity index (χ1) is 15.9. The number of imidazole rings is 1. The third kappa shape index (κ3) is 3.61. The molecule has 0 saturated heterocycles.